The van der Waals surface area contributed by atoms with Crippen molar-refractivity contribution >= 4 is 44.9 Å². The zero-order valence-corrected chi connectivity index (χ0v) is 23.9. The highest BCUT2D eigenvalue weighted by atomic mass is 32.2. The van der Waals surface area contributed by atoms with Gasteiger partial charge < -0.3 is 10.1 Å². The number of hydrogen-bond donors (Lipinski definition) is 1. The van der Waals surface area contributed by atoms with E-state index in [2.05, 4.69) is 22.3 Å². The standard InChI is InChI=1S/C31H27FN4O3S2/c1-39-22-13-11-21(12-14-22)36-30(38)28-23-15-16-35(17-20-7-3-2-4-8-20)18-26(23)41-29(28)34-31(36)40-19-27(37)33-25-10-6-5-9-24(25)32/h2-14H,15-19H2,1H3,(H,33,37). The average molecular weight is 587 g/mol. The van der Waals surface area contributed by atoms with Gasteiger partial charge in [0, 0.05) is 24.5 Å². The molecule has 1 amide bonds. The number of thioether (sulfide) groups is 1. The molecular weight excluding hydrogens is 559 g/mol. The molecule has 7 nitrogen and oxygen atoms in total. The molecule has 0 saturated carbocycles. The Morgan fingerprint density at radius 3 is 2.59 bits per heavy atom. The first kappa shape index (κ1) is 27.2. The van der Waals surface area contributed by atoms with Crippen LogP contribution >= 0.6 is 23.1 Å². The molecule has 6 rings (SSSR count). The smallest absolute Gasteiger partial charge is 0.267 e. The van der Waals surface area contributed by atoms with E-state index < -0.39 is 11.7 Å². The van der Waals surface area contributed by atoms with Crippen LogP contribution in [0.4, 0.5) is 10.1 Å². The number of benzene rings is 3. The van der Waals surface area contributed by atoms with Crippen LogP contribution < -0.4 is 15.6 Å². The third-order valence-corrected chi connectivity index (χ3v) is 9.03. The molecular formula is C31H27FN4O3S2. The minimum Gasteiger partial charge on any atom is -0.497 e. The number of nitrogens with zero attached hydrogens (tertiary/aromatic N) is 3. The number of carbonyl (C=O) groups excluding carboxylic acids is 1. The number of methoxy groups -OCH3 is 1. The Hall–Kier alpha value is -3.99. The van der Waals surface area contributed by atoms with E-state index in [4.69, 9.17) is 9.72 Å². The number of anilines is 1. The monoisotopic (exact) mass is 586 g/mol. The summed E-state index contributed by atoms with van der Waals surface area (Å²) < 4.78 is 20.9. The van der Waals surface area contributed by atoms with Crippen LogP contribution in [0.5, 0.6) is 5.75 Å². The largest absolute Gasteiger partial charge is 0.497 e. The minimum atomic E-state index is -0.508. The minimum absolute atomic E-state index is 0.0433. The van der Waals surface area contributed by atoms with Crippen LogP contribution in [-0.2, 0) is 24.3 Å². The van der Waals surface area contributed by atoms with Crippen molar-refractivity contribution < 1.29 is 13.9 Å². The molecule has 0 bridgehead atoms. The van der Waals surface area contributed by atoms with Crippen LogP contribution in [0.25, 0.3) is 15.9 Å². The number of ether oxygens (including phenoxy) is 1. The summed E-state index contributed by atoms with van der Waals surface area (Å²) in [6, 6.07) is 23.6. The lowest BCUT2D eigenvalue weighted by Crippen LogP contribution is -2.30. The Labute approximate surface area is 244 Å². The van der Waals surface area contributed by atoms with Crippen LogP contribution in [0.1, 0.15) is 16.0 Å². The molecule has 0 spiro atoms. The molecule has 1 N–H and O–H groups in total. The zero-order valence-electron chi connectivity index (χ0n) is 22.3. The van der Waals surface area contributed by atoms with E-state index in [1.807, 2.05) is 18.2 Å². The summed E-state index contributed by atoms with van der Waals surface area (Å²) in [4.78, 5) is 35.9. The number of fused-ring (bicyclic) bond motifs is 3. The summed E-state index contributed by atoms with van der Waals surface area (Å²) in [6.45, 7) is 2.44. The number of amides is 1. The van der Waals surface area contributed by atoms with Gasteiger partial charge in [-0.25, -0.2) is 9.37 Å². The molecule has 0 fully saturated rings. The van der Waals surface area contributed by atoms with Crippen LogP contribution in [-0.4, -0.2) is 39.8 Å². The first-order valence-corrected chi connectivity index (χ1v) is 15.0. The summed E-state index contributed by atoms with van der Waals surface area (Å²) in [5, 5.41) is 3.64. The molecule has 0 unspecified atom stereocenters. The van der Waals surface area contributed by atoms with Crippen LogP contribution in [0, 0.1) is 5.82 Å². The molecule has 0 atom stereocenters. The van der Waals surface area contributed by atoms with Crippen molar-refractivity contribution in [2.45, 2.75) is 24.7 Å². The predicted molar refractivity (Wildman–Crippen MR) is 162 cm³/mol. The molecule has 10 heteroatoms. The predicted octanol–water partition coefficient (Wildman–Crippen LogP) is 5.88. The molecule has 0 radical (unpaired) electrons. The van der Waals surface area contributed by atoms with Crippen molar-refractivity contribution in [2.24, 2.45) is 0 Å². The Morgan fingerprint density at radius 2 is 1.83 bits per heavy atom. The Balaban J connectivity index is 1.34. The number of aromatic nitrogens is 2. The summed E-state index contributed by atoms with van der Waals surface area (Å²) in [5.74, 6) is -0.275. The fourth-order valence-corrected chi connectivity index (χ4v) is 7.10. The third-order valence-electron chi connectivity index (χ3n) is 6.98. The molecule has 1 aliphatic rings. The van der Waals surface area contributed by atoms with Gasteiger partial charge >= 0.3 is 0 Å². The quantitative estimate of drug-likeness (QED) is 0.181. The van der Waals surface area contributed by atoms with Crippen LogP contribution in [0.2, 0.25) is 0 Å². The van der Waals surface area contributed by atoms with E-state index in [0.29, 0.717) is 26.8 Å². The second-order valence-corrected chi connectivity index (χ2v) is 11.7. The zero-order chi connectivity index (χ0) is 28.3. The van der Waals surface area contributed by atoms with E-state index in [0.717, 1.165) is 48.3 Å². The van der Waals surface area contributed by atoms with Gasteiger partial charge in [0.25, 0.3) is 5.56 Å². The second-order valence-electron chi connectivity index (χ2n) is 9.68. The average Bonchev–Trinajstić information content (AvgIpc) is 3.36. The topological polar surface area (TPSA) is 76.5 Å². The van der Waals surface area contributed by atoms with Gasteiger partial charge in [-0.15, -0.1) is 11.3 Å². The molecule has 1 aliphatic heterocycles. The van der Waals surface area contributed by atoms with Gasteiger partial charge in [-0.05, 0) is 53.9 Å². The normalized spacial score (nSPS) is 13.2. The number of halogens is 1. The number of nitrogens with one attached hydrogen (secondary N) is 1. The highest BCUT2D eigenvalue weighted by molar-refractivity contribution is 7.99. The molecule has 2 aromatic heterocycles. The van der Waals surface area contributed by atoms with Crippen molar-refractivity contribution in [3.05, 3.63) is 111 Å². The van der Waals surface area contributed by atoms with E-state index in [1.54, 1.807) is 59.4 Å². The fourth-order valence-electron chi connectivity index (χ4n) is 4.99. The van der Waals surface area contributed by atoms with E-state index in [-0.39, 0.29) is 17.0 Å². The maximum absolute atomic E-state index is 14.1. The Bertz CT molecular complexity index is 1770. The van der Waals surface area contributed by atoms with Gasteiger partial charge in [-0.2, -0.15) is 0 Å². The molecule has 208 valence electrons. The van der Waals surface area contributed by atoms with Crippen molar-refractivity contribution in [1.29, 1.82) is 0 Å². The van der Waals surface area contributed by atoms with Gasteiger partial charge in [0.1, 0.15) is 16.4 Å². The van der Waals surface area contributed by atoms with Crippen molar-refractivity contribution in [3.63, 3.8) is 0 Å². The lowest BCUT2D eigenvalue weighted by molar-refractivity contribution is -0.113. The van der Waals surface area contributed by atoms with E-state index in [9.17, 15) is 14.0 Å². The molecule has 41 heavy (non-hydrogen) atoms. The number of rotatable bonds is 8. The van der Waals surface area contributed by atoms with Gasteiger partial charge in [0.2, 0.25) is 5.91 Å². The van der Waals surface area contributed by atoms with Gasteiger partial charge in [-0.1, -0.05) is 54.2 Å². The summed E-state index contributed by atoms with van der Waals surface area (Å²) in [5.41, 5.74) is 2.89. The Kier molecular flexibility index (Phi) is 7.86. The molecule has 0 saturated heterocycles. The lowest BCUT2D eigenvalue weighted by atomic mass is 10.0. The lowest BCUT2D eigenvalue weighted by Gasteiger charge is -2.26. The maximum Gasteiger partial charge on any atom is 0.267 e. The molecule has 5 aromatic rings. The SMILES string of the molecule is COc1ccc(-n2c(SCC(=O)Nc3ccccc3F)nc3sc4c(c3c2=O)CCN(Cc2ccccc2)C4)cc1. The maximum atomic E-state index is 14.1. The molecule has 0 aliphatic carbocycles. The Morgan fingerprint density at radius 1 is 1.07 bits per heavy atom. The number of thiophene rings is 1. The first-order chi connectivity index (χ1) is 20.0. The molecule has 3 heterocycles. The van der Waals surface area contributed by atoms with E-state index >= 15 is 0 Å². The number of carbonyl (C=O) groups is 1. The van der Waals surface area contributed by atoms with Crippen LogP contribution in [0.15, 0.2) is 88.8 Å². The fraction of sp³-hybridized carbons (Fsp3) is 0.194. The highest BCUT2D eigenvalue weighted by Crippen LogP contribution is 2.35. The third kappa shape index (κ3) is 5.76. The van der Waals surface area contributed by atoms with Crippen molar-refractivity contribution in [3.8, 4) is 11.4 Å². The second kappa shape index (κ2) is 11.9. The van der Waals surface area contributed by atoms with Crippen molar-refractivity contribution in [2.75, 3.05) is 24.7 Å². The summed E-state index contributed by atoms with van der Waals surface area (Å²) in [7, 11) is 1.59. The summed E-state index contributed by atoms with van der Waals surface area (Å²) in [6.07, 6.45) is 0.763. The van der Waals surface area contributed by atoms with Crippen LogP contribution in [0.3, 0.4) is 0 Å². The number of hydrogen-bond acceptors (Lipinski definition) is 7. The van der Waals surface area contributed by atoms with Gasteiger partial charge in [-0.3, -0.25) is 19.1 Å². The van der Waals surface area contributed by atoms with Crippen molar-refractivity contribution in [1.82, 2.24) is 14.5 Å². The molecule has 3 aromatic carbocycles. The highest BCUT2D eigenvalue weighted by Gasteiger charge is 2.26. The van der Waals surface area contributed by atoms with Gasteiger partial charge in [0.05, 0.1) is 29.6 Å². The first-order valence-electron chi connectivity index (χ1n) is 13.2. The van der Waals surface area contributed by atoms with Gasteiger partial charge in [0.15, 0.2) is 5.16 Å². The van der Waals surface area contributed by atoms with E-state index in [1.165, 1.54) is 17.7 Å². The summed E-state index contributed by atoms with van der Waals surface area (Å²) >= 11 is 2.69. The number of para-hydroxylation sites is 1.